The molecule has 138 valence electrons. The van der Waals surface area contributed by atoms with Crippen molar-refractivity contribution in [2.45, 2.75) is 57.5 Å². The molecule has 3 rings (SSSR count). The van der Waals surface area contributed by atoms with Crippen molar-refractivity contribution >= 4 is 5.91 Å². The van der Waals surface area contributed by atoms with E-state index in [-0.39, 0.29) is 0 Å². The van der Waals surface area contributed by atoms with Gasteiger partial charge in [-0.2, -0.15) is 0 Å². The van der Waals surface area contributed by atoms with E-state index in [2.05, 4.69) is 21.6 Å². The molecule has 3 aliphatic rings. The van der Waals surface area contributed by atoms with E-state index in [1.807, 2.05) is 0 Å². The monoisotopic (exact) mass is 337 g/mol. The number of carbonyl (C=O) groups is 1. The molecule has 0 bridgehead atoms. The quantitative estimate of drug-likeness (QED) is 0.767. The summed E-state index contributed by atoms with van der Waals surface area (Å²) in [5.74, 6) is 1.16. The number of hydrogen-bond acceptors (Lipinski definition) is 4. The summed E-state index contributed by atoms with van der Waals surface area (Å²) < 4.78 is 5.20. The third-order valence-corrected chi connectivity index (χ3v) is 6.35. The van der Waals surface area contributed by atoms with Crippen LogP contribution < -0.4 is 0 Å². The largest absolute Gasteiger partial charge is 0.383 e. The highest BCUT2D eigenvalue weighted by atomic mass is 16.5. The standard InChI is InChI=1S/C19H35N3O2/c1-16-14-20(10-11-21(16)12-13-24-2)15-19(23)22-9-5-7-17-6-3-4-8-18(17)22/h16-18H,3-15H2,1-2H3/t16-,17-,18+/m0/s1. The zero-order chi connectivity index (χ0) is 16.9. The molecule has 0 aromatic heterocycles. The van der Waals surface area contributed by atoms with Gasteiger partial charge in [0.25, 0.3) is 0 Å². The van der Waals surface area contributed by atoms with Gasteiger partial charge in [-0.25, -0.2) is 0 Å². The molecule has 1 amide bonds. The predicted molar refractivity (Wildman–Crippen MR) is 96.0 cm³/mol. The van der Waals surface area contributed by atoms with Crippen molar-refractivity contribution < 1.29 is 9.53 Å². The first-order valence-corrected chi connectivity index (χ1v) is 9.94. The smallest absolute Gasteiger partial charge is 0.237 e. The summed E-state index contributed by atoms with van der Waals surface area (Å²) in [5, 5.41) is 0. The maximum absolute atomic E-state index is 12.9. The number of carbonyl (C=O) groups excluding carboxylic acids is 1. The van der Waals surface area contributed by atoms with Crippen LogP contribution in [0.1, 0.15) is 45.4 Å². The fraction of sp³-hybridized carbons (Fsp3) is 0.947. The first-order chi connectivity index (χ1) is 11.7. The average molecular weight is 338 g/mol. The summed E-state index contributed by atoms with van der Waals surface area (Å²) in [4.78, 5) is 20.0. The van der Waals surface area contributed by atoms with Gasteiger partial charge in [-0.05, 0) is 38.5 Å². The number of fused-ring (bicyclic) bond motifs is 1. The van der Waals surface area contributed by atoms with E-state index in [0.29, 0.717) is 24.5 Å². The molecule has 24 heavy (non-hydrogen) atoms. The number of piperazine rings is 1. The van der Waals surface area contributed by atoms with Crippen LogP contribution in [-0.2, 0) is 9.53 Å². The lowest BCUT2D eigenvalue weighted by Gasteiger charge is -2.45. The Hall–Kier alpha value is -0.650. The second-order valence-electron chi connectivity index (χ2n) is 7.95. The summed E-state index contributed by atoms with van der Waals surface area (Å²) in [6, 6.07) is 1.05. The number of hydrogen-bond donors (Lipinski definition) is 0. The second kappa shape index (κ2) is 8.63. The highest BCUT2D eigenvalue weighted by molar-refractivity contribution is 5.78. The highest BCUT2D eigenvalue weighted by Gasteiger charge is 2.36. The summed E-state index contributed by atoms with van der Waals surface area (Å²) in [5.41, 5.74) is 0. The van der Waals surface area contributed by atoms with Gasteiger partial charge in [-0.1, -0.05) is 12.8 Å². The van der Waals surface area contributed by atoms with E-state index in [1.54, 1.807) is 7.11 Å². The molecule has 2 heterocycles. The number of methoxy groups -OCH3 is 1. The molecule has 0 spiro atoms. The van der Waals surface area contributed by atoms with Crippen molar-refractivity contribution in [1.82, 2.24) is 14.7 Å². The van der Waals surface area contributed by atoms with Crippen LogP contribution in [0, 0.1) is 5.92 Å². The molecule has 0 N–H and O–H groups in total. The number of amides is 1. The van der Waals surface area contributed by atoms with Gasteiger partial charge < -0.3 is 9.64 Å². The van der Waals surface area contributed by atoms with E-state index in [4.69, 9.17) is 4.74 Å². The predicted octanol–water partition coefficient (Wildman–Crippen LogP) is 1.82. The Morgan fingerprint density at radius 3 is 2.67 bits per heavy atom. The molecule has 0 aromatic rings. The Morgan fingerprint density at radius 2 is 1.88 bits per heavy atom. The molecule has 3 atom stereocenters. The fourth-order valence-electron chi connectivity index (χ4n) is 4.97. The molecule has 5 heteroatoms. The molecule has 0 aromatic carbocycles. The molecule has 0 unspecified atom stereocenters. The number of piperidine rings is 1. The van der Waals surface area contributed by atoms with Crippen molar-refractivity contribution in [1.29, 1.82) is 0 Å². The average Bonchev–Trinajstić information content (AvgIpc) is 2.60. The van der Waals surface area contributed by atoms with Gasteiger partial charge in [0.2, 0.25) is 5.91 Å². The maximum Gasteiger partial charge on any atom is 0.237 e. The molecule has 2 saturated heterocycles. The third-order valence-electron chi connectivity index (χ3n) is 6.35. The van der Waals surface area contributed by atoms with E-state index >= 15 is 0 Å². The molecule has 0 radical (unpaired) electrons. The summed E-state index contributed by atoms with van der Waals surface area (Å²) in [7, 11) is 1.76. The third kappa shape index (κ3) is 4.30. The molecular weight excluding hydrogens is 302 g/mol. The normalized spacial score (nSPS) is 32.6. The lowest BCUT2D eigenvalue weighted by molar-refractivity contribution is -0.139. The second-order valence-corrected chi connectivity index (χ2v) is 7.95. The van der Waals surface area contributed by atoms with Crippen molar-refractivity contribution in [3.8, 4) is 0 Å². The number of ether oxygens (including phenoxy) is 1. The lowest BCUT2D eigenvalue weighted by Crippen LogP contribution is -2.57. The van der Waals surface area contributed by atoms with E-state index in [1.165, 1.54) is 38.5 Å². The van der Waals surface area contributed by atoms with E-state index < -0.39 is 0 Å². The molecular formula is C19H35N3O2. The van der Waals surface area contributed by atoms with Crippen LogP contribution in [0.25, 0.3) is 0 Å². The Morgan fingerprint density at radius 1 is 1.08 bits per heavy atom. The SMILES string of the molecule is COCCN1CCN(CC(=O)N2CCC[C@@H]3CCCC[C@H]32)C[C@@H]1C. The fourth-order valence-corrected chi connectivity index (χ4v) is 4.97. The molecule has 2 aliphatic heterocycles. The Bertz CT molecular complexity index is 415. The minimum absolute atomic E-state index is 0.379. The topological polar surface area (TPSA) is 36.0 Å². The zero-order valence-electron chi connectivity index (χ0n) is 15.6. The van der Waals surface area contributed by atoms with Crippen LogP contribution in [0.3, 0.4) is 0 Å². The molecule has 1 aliphatic carbocycles. The van der Waals surface area contributed by atoms with E-state index in [0.717, 1.165) is 45.2 Å². The molecule has 1 saturated carbocycles. The van der Waals surface area contributed by atoms with Crippen molar-refractivity contribution in [3.63, 3.8) is 0 Å². The number of nitrogens with zero attached hydrogens (tertiary/aromatic N) is 3. The number of rotatable bonds is 5. The Kier molecular flexibility index (Phi) is 6.53. The first kappa shape index (κ1) is 18.2. The van der Waals surface area contributed by atoms with Gasteiger partial charge >= 0.3 is 0 Å². The van der Waals surface area contributed by atoms with Crippen molar-refractivity contribution in [3.05, 3.63) is 0 Å². The van der Waals surface area contributed by atoms with E-state index in [9.17, 15) is 4.79 Å². The maximum atomic E-state index is 12.9. The van der Waals surface area contributed by atoms with Gasteiger partial charge in [0.05, 0.1) is 13.2 Å². The summed E-state index contributed by atoms with van der Waals surface area (Å²) >= 11 is 0. The van der Waals surface area contributed by atoms with Crippen LogP contribution in [0.2, 0.25) is 0 Å². The summed E-state index contributed by atoms with van der Waals surface area (Å²) in [6.07, 6.45) is 7.78. The summed E-state index contributed by atoms with van der Waals surface area (Å²) in [6.45, 7) is 8.71. The van der Waals surface area contributed by atoms with Crippen molar-refractivity contribution in [2.24, 2.45) is 5.92 Å². The minimum atomic E-state index is 0.379. The molecule has 5 nitrogen and oxygen atoms in total. The van der Waals surface area contributed by atoms with Gasteiger partial charge in [-0.15, -0.1) is 0 Å². The Balaban J connectivity index is 1.50. The van der Waals surface area contributed by atoms with Crippen LogP contribution >= 0.6 is 0 Å². The molecule has 3 fully saturated rings. The van der Waals surface area contributed by atoms with Crippen LogP contribution in [0.5, 0.6) is 0 Å². The Labute approximate surface area is 147 Å². The minimum Gasteiger partial charge on any atom is -0.383 e. The van der Waals surface area contributed by atoms with Gasteiger partial charge in [0.15, 0.2) is 0 Å². The highest BCUT2D eigenvalue weighted by Crippen LogP contribution is 2.35. The van der Waals surface area contributed by atoms with Crippen LogP contribution in [0.4, 0.5) is 0 Å². The van der Waals surface area contributed by atoms with Gasteiger partial charge in [-0.3, -0.25) is 14.6 Å². The van der Waals surface area contributed by atoms with Gasteiger partial charge in [0, 0.05) is 51.9 Å². The van der Waals surface area contributed by atoms with Crippen LogP contribution in [-0.4, -0.2) is 85.7 Å². The zero-order valence-corrected chi connectivity index (χ0v) is 15.6. The van der Waals surface area contributed by atoms with Crippen LogP contribution in [0.15, 0.2) is 0 Å². The van der Waals surface area contributed by atoms with Crippen molar-refractivity contribution in [2.75, 3.05) is 53.0 Å². The van der Waals surface area contributed by atoms with Gasteiger partial charge in [0.1, 0.15) is 0 Å². The lowest BCUT2D eigenvalue weighted by atomic mass is 9.78. The first-order valence-electron chi connectivity index (χ1n) is 9.94. The number of likely N-dealkylation sites (tertiary alicyclic amines) is 1.